The Kier molecular flexibility index (Phi) is 5.40. The molecule has 116 valence electrons. The lowest BCUT2D eigenvalue weighted by Crippen LogP contribution is -2.50. The highest BCUT2D eigenvalue weighted by Crippen LogP contribution is 2.17. The second-order valence-electron chi connectivity index (χ2n) is 5.79. The van der Waals surface area contributed by atoms with Crippen LogP contribution in [-0.4, -0.2) is 69.1 Å². The molecule has 1 unspecified atom stereocenters. The van der Waals surface area contributed by atoms with Crippen molar-refractivity contribution >= 4 is 15.9 Å². The van der Waals surface area contributed by atoms with Gasteiger partial charge in [-0.05, 0) is 38.3 Å². The Bertz CT molecular complexity index is 424. The van der Waals surface area contributed by atoms with Gasteiger partial charge in [0.15, 0.2) is 0 Å². The van der Waals surface area contributed by atoms with Gasteiger partial charge in [0.25, 0.3) is 0 Å². The molecule has 1 N–H and O–H groups in total. The maximum Gasteiger partial charge on any atom is 0.222 e. The average Bonchev–Trinajstić information content (AvgIpc) is 2.45. The molecule has 1 amide bonds. The Labute approximate surface area is 121 Å². The monoisotopic (exact) mass is 303 g/mol. The number of amides is 1. The molecule has 2 rings (SSSR count). The Morgan fingerprint density at radius 1 is 1.25 bits per heavy atom. The Morgan fingerprint density at radius 3 is 2.50 bits per heavy atom. The molecule has 0 bridgehead atoms. The fraction of sp³-hybridized carbons (Fsp3) is 0.923. The molecule has 0 aromatic carbocycles. The lowest BCUT2D eigenvalue weighted by Gasteiger charge is -2.33. The van der Waals surface area contributed by atoms with Gasteiger partial charge < -0.3 is 10.2 Å². The third-order valence-electron chi connectivity index (χ3n) is 4.23. The van der Waals surface area contributed by atoms with Crippen LogP contribution in [0.1, 0.15) is 25.7 Å². The zero-order chi connectivity index (χ0) is 14.6. The second-order valence-corrected chi connectivity index (χ2v) is 7.78. The number of hydrogen-bond donors (Lipinski definition) is 1. The molecule has 0 aromatic heterocycles. The minimum absolute atomic E-state index is 0.170. The van der Waals surface area contributed by atoms with E-state index in [0.717, 1.165) is 19.5 Å². The number of hydrogen-bond acceptors (Lipinski definition) is 4. The van der Waals surface area contributed by atoms with Crippen molar-refractivity contribution in [3.63, 3.8) is 0 Å². The van der Waals surface area contributed by atoms with Crippen molar-refractivity contribution in [1.29, 1.82) is 0 Å². The molecule has 7 heteroatoms. The molecule has 2 aliphatic heterocycles. The molecule has 1 atom stereocenters. The molecular weight excluding hydrogens is 278 g/mol. The number of piperazine rings is 1. The summed E-state index contributed by atoms with van der Waals surface area (Å²) in [5.74, 6) is 0.786. The average molecular weight is 303 g/mol. The van der Waals surface area contributed by atoms with Gasteiger partial charge in [0.05, 0.1) is 6.26 Å². The van der Waals surface area contributed by atoms with Gasteiger partial charge in [-0.1, -0.05) is 0 Å². The summed E-state index contributed by atoms with van der Waals surface area (Å²) >= 11 is 0. The topological polar surface area (TPSA) is 69.7 Å². The maximum atomic E-state index is 12.1. The number of carbonyl (C=O) groups excluding carboxylic acids is 1. The molecule has 20 heavy (non-hydrogen) atoms. The van der Waals surface area contributed by atoms with E-state index < -0.39 is 10.0 Å². The lowest BCUT2D eigenvalue weighted by molar-refractivity contribution is -0.132. The smallest absolute Gasteiger partial charge is 0.222 e. The summed E-state index contributed by atoms with van der Waals surface area (Å²) in [4.78, 5) is 13.9. The van der Waals surface area contributed by atoms with E-state index in [0.29, 0.717) is 38.5 Å². The number of carbonyl (C=O) groups is 1. The number of piperidine rings is 1. The summed E-state index contributed by atoms with van der Waals surface area (Å²) in [6.45, 7) is 4.02. The highest BCUT2D eigenvalue weighted by Gasteiger charge is 2.26. The van der Waals surface area contributed by atoms with E-state index in [1.807, 2.05) is 0 Å². The van der Waals surface area contributed by atoms with Crippen LogP contribution in [0.4, 0.5) is 0 Å². The third kappa shape index (κ3) is 4.43. The van der Waals surface area contributed by atoms with Crippen LogP contribution in [0.5, 0.6) is 0 Å². The molecule has 2 heterocycles. The van der Waals surface area contributed by atoms with Gasteiger partial charge in [0.2, 0.25) is 15.9 Å². The van der Waals surface area contributed by atoms with Crippen molar-refractivity contribution in [2.24, 2.45) is 5.92 Å². The van der Waals surface area contributed by atoms with Crippen LogP contribution in [0.3, 0.4) is 0 Å². The van der Waals surface area contributed by atoms with Crippen molar-refractivity contribution < 1.29 is 13.2 Å². The van der Waals surface area contributed by atoms with Crippen molar-refractivity contribution in [2.75, 3.05) is 45.5 Å². The van der Waals surface area contributed by atoms with Gasteiger partial charge in [-0.15, -0.1) is 0 Å². The second kappa shape index (κ2) is 6.87. The fourth-order valence-electron chi connectivity index (χ4n) is 2.93. The van der Waals surface area contributed by atoms with Crippen LogP contribution in [0.15, 0.2) is 0 Å². The summed E-state index contributed by atoms with van der Waals surface area (Å²) in [7, 11) is -3.12. The highest BCUT2D eigenvalue weighted by molar-refractivity contribution is 7.88. The van der Waals surface area contributed by atoms with E-state index in [9.17, 15) is 13.2 Å². The van der Waals surface area contributed by atoms with Crippen molar-refractivity contribution in [1.82, 2.24) is 14.5 Å². The Balaban J connectivity index is 1.71. The van der Waals surface area contributed by atoms with Crippen LogP contribution in [0.25, 0.3) is 0 Å². The normalized spacial score (nSPS) is 25.6. The first kappa shape index (κ1) is 15.7. The standard InChI is InChI=1S/C13H25N3O3S/c1-20(18,19)16-9-7-15(8-10-16)13(17)5-4-12-3-2-6-14-11-12/h12,14H,2-11H2,1H3. The maximum absolute atomic E-state index is 12.1. The number of rotatable bonds is 4. The van der Waals surface area contributed by atoms with E-state index in [1.165, 1.54) is 23.4 Å². The van der Waals surface area contributed by atoms with E-state index in [-0.39, 0.29) is 5.91 Å². The van der Waals surface area contributed by atoms with E-state index in [4.69, 9.17) is 0 Å². The van der Waals surface area contributed by atoms with Gasteiger partial charge >= 0.3 is 0 Å². The number of nitrogens with one attached hydrogen (secondary N) is 1. The largest absolute Gasteiger partial charge is 0.340 e. The molecule has 2 saturated heterocycles. The van der Waals surface area contributed by atoms with Gasteiger partial charge in [-0.3, -0.25) is 4.79 Å². The first-order valence-corrected chi connectivity index (χ1v) is 9.25. The molecule has 2 aliphatic rings. The van der Waals surface area contributed by atoms with E-state index in [2.05, 4.69) is 5.32 Å². The van der Waals surface area contributed by atoms with Gasteiger partial charge in [0.1, 0.15) is 0 Å². The summed E-state index contributed by atoms with van der Waals surface area (Å²) in [6.07, 6.45) is 5.16. The van der Waals surface area contributed by atoms with E-state index >= 15 is 0 Å². The lowest BCUT2D eigenvalue weighted by atomic mass is 9.94. The van der Waals surface area contributed by atoms with Crippen LogP contribution < -0.4 is 5.32 Å². The molecule has 0 aromatic rings. The van der Waals surface area contributed by atoms with Gasteiger partial charge in [0, 0.05) is 32.6 Å². The molecule has 0 saturated carbocycles. The highest BCUT2D eigenvalue weighted by atomic mass is 32.2. The van der Waals surface area contributed by atoms with Crippen molar-refractivity contribution in [2.45, 2.75) is 25.7 Å². The first-order valence-electron chi connectivity index (χ1n) is 7.40. The summed E-state index contributed by atoms with van der Waals surface area (Å²) in [6, 6.07) is 0. The molecule has 6 nitrogen and oxygen atoms in total. The minimum Gasteiger partial charge on any atom is -0.340 e. The predicted octanol–water partition coefficient (Wildman–Crippen LogP) is -0.130. The third-order valence-corrected chi connectivity index (χ3v) is 5.53. The van der Waals surface area contributed by atoms with Crippen molar-refractivity contribution in [3.05, 3.63) is 0 Å². The summed E-state index contributed by atoms with van der Waals surface area (Å²) in [5.41, 5.74) is 0. The zero-order valence-electron chi connectivity index (χ0n) is 12.2. The van der Waals surface area contributed by atoms with Crippen LogP contribution in [-0.2, 0) is 14.8 Å². The zero-order valence-corrected chi connectivity index (χ0v) is 13.0. The van der Waals surface area contributed by atoms with Crippen molar-refractivity contribution in [3.8, 4) is 0 Å². The van der Waals surface area contributed by atoms with Crippen LogP contribution >= 0.6 is 0 Å². The van der Waals surface area contributed by atoms with Gasteiger partial charge in [-0.2, -0.15) is 4.31 Å². The molecular formula is C13H25N3O3S. The van der Waals surface area contributed by atoms with Gasteiger partial charge in [-0.25, -0.2) is 8.42 Å². The Morgan fingerprint density at radius 2 is 1.95 bits per heavy atom. The summed E-state index contributed by atoms with van der Waals surface area (Å²) < 4.78 is 24.3. The first-order chi connectivity index (χ1) is 9.47. The molecule has 0 radical (unpaired) electrons. The quantitative estimate of drug-likeness (QED) is 0.785. The van der Waals surface area contributed by atoms with Crippen LogP contribution in [0, 0.1) is 5.92 Å². The molecule has 0 spiro atoms. The minimum atomic E-state index is -3.12. The predicted molar refractivity (Wildman–Crippen MR) is 77.8 cm³/mol. The Hall–Kier alpha value is -0.660. The molecule has 0 aliphatic carbocycles. The number of nitrogens with zero attached hydrogens (tertiary/aromatic N) is 2. The fourth-order valence-corrected chi connectivity index (χ4v) is 3.75. The summed E-state index contributed by atoms with van der Waals surface area (Å²) in [5, 5.41) is 3.36. The number of sulfonamides is 1. The van der Waals surface area contributed by atoms with E-state index in [1.54, 1.807) is 4.90 Å². The van der Waals surface area contributed by atoms with Crippen LogP contribution in [0.2, 0.25) is 0 Å². The SMILES string of the molecule is CS(=O)(=O)N1CCN(C(=O)CCC2CCCNC2)CC1. The molecule has 2 fully saturated rings.